The van der Waals surface area contributed by atoms with Gasteiger partial charge in [-0.25, -0.2) is 0 Å². The van der Waals surface area contributed by atoms with Crippen LogP contribution in [0.25, 0.3) is 0 Å². The standard InChI is InChI=1S/C19H27N3O4S/c1-12(2)9-16(21-18(25)15(20)7-8-27-3)19(26)22-17-13(10-23)5-4-6-14(17)11-24/h4-6,10-12,15-16H,7-9,20H2,1-3H3,(H,21,25)(H,22,26)/t15-,16-/m0/s1. The van der Waals surface area contributed by atoms with Crippen LogP contribution in [0.4, 0.5) is 5.69 Å². The van der Waals surface area contributed by atoms with E-state index in [0.29, 0.717) is 25.4 Å². The summed E-state index contributed by atoms with van der Waals surface area (Å²) in [5.41, 5.74) is 6.41. The minimum absolute atomic E-state index is 0.135. The zero-order chi connectivity index (χ0) is 20.4. The Morgan fingerprint density at radius 1 is 1.15 bits per heavy atom. The van der Waals surface area contributed by atoms with Crippen LogP contribution in [0.2, 0.25) is 0 Å². The molecule has 4 N–H and O–H groups in total. The van der Waals surface area contributed by atoms with E-state index in [2.05, 4.69) is 10.6 Å². The molecule has 0 aliphatic rings. The van der Waals surface area contributed by atoms with Crippen LogP contribution in [0.5, 0.6) is 0 Å². The molecule has 0 aliphatic heterocycles. The first-order chi connectivity index (χ1) is 12.8. The lowest BCUT2D eigenvalue weighted by Crippen LogP contribution is -2.50. The zero-order valence-electron chi connectivity index (χ0n) is 15.9. The summed E-state index contributed by atoms with van der Waals surface area (Å²) in [5, 5.41) is 5.30. The normalized spacial score (nSPS) is 12.9. The molecule has 0 saturated carbocycles. The van der Waals surface area contributed by atoms with E-state index in [1.807, 2.05) is 20.1 Å². The summed E-state index contributed by atoms with van der Waals surface area (Å²) in [5.74, 6) is -0.0172. The first kappa shape index (κ1) is 22.9. The fraction of sp³-hybridized carbons (Fsp3) is 0.474. The minimum atomic E-state index is -0.822. The number of para-hydroxylation sites is 1. The van der Waals surface area contributed by atoms with E-state index >= 15 is 0 Å². The van der Waals surface area contributed by atoms with Crippen molar-refractivity contribution in [1.29, 1.82) is 0 Å². The molecular formula is C19H27N3O4S. The Labute approximate surface area is 163 Å². The van der Waals surface area contributed by atoms with Crippen molar-refractivity contribution < 1.29 is 19.2 Å². The third kappa shape index (κ3) is 7.15. The van der Waals surface area contributed by atoms with Crippen LogP contribution in [0.1, 0.15) is 47.4 Å². The first-order valence-corrected chi connectivity index (χ1v) is 10.1. The van der Waals surface area contributed by atoms with Crippen LogP contribution < -0.4 is 16.4 Å². The van der Waals surface area contributed by atoms with Crippen molar-refractivity contribution in [2.75, 3.05) is 17.3 Å². The average Bonchev–Trinajstić information content (AvgIpc) is 2.64. The SMILES string of the molecule is CSCC[C@H](N)C(=O)N[C@@H](CC(C)C)C(=O)Nc1c(C=O)cccc1C=O. The molecule has 2 amide bonds. The number of rotatable bonds is 11. The Balaban J connectivity index is 2.98. The highest BCUT2D eigenvalue weighted by Crippen LogP contribution is 2.19. The number of anilines is 1. The largest absolute Gasteiger partial charge is 0.343 e. The van der Waals surface area contributed by atoms with Gasteiger partial charge in [-0.05, 0) is 42.9 Å². The molecule has 0 fully saturated rings. The van der Waals surface area contributed by atoms with Gasteiger partial charge in [0.2, 0.25) is 11.8 Å². The highest BCUT2D eigenvalue weighted by atomic mass is 32.2. The van der Waals surface area contributed by atoms with Crippen molar-refractivity contribution in [1.82, 2.24) is 5.32 Å². The number of amides is 2. The van der Waals surface area contributed by atoms with Crippen molar-refractivity contribution in [3.8, 4) is 0 Å². The number of hydrogen-bond donors (Lipinski definition) is 3. The Bertz CT molecular complexity index is 653. The van der Waals surface area contributed by atoms with E-state index in [-0.39, 0.29) is 22.7 Å². The van der Waals surface area contributed by atoms with Gasteiger partial charge in [0, 0.05) is 11.1 Å². The molecule has 1 aromatic rings. The van der Waals surface area contributed by atoms with Gasteiger partial charge in [-0.3, -0.25) is 19.2 Å². The van der Waals surface area contributed by atoms with Crippen molar-refractivity contribution in [2.45, 2.75) is 38.8 Å². The first-order valence-electron chi connectivity index (χ1n) is 8.73. The van der Waals surface area contributed by atoms with E-state index in [4.69, 9.17) is 5.73 Å². The molecule has 0 saturated heterocycles. The molecule has 0 radical (unpaired) electrons. The molecule has 1 aromatic carbocycles. The molecule has 1 rings (SSSR count). The topological polar surface area (TPSA) is 118 Å². The van der Waals surface area contributed by atoms with E-state index in [1.54, 1.807) is 17.8 Å². The number of thioether (sulfide) groups is 1. The highest BCUT2D eigenvalue weighted by molar-refractivity contribution is 7.98. The molecule has 0 aromatic heterocycles. The second-order valence-electron chi connectivity index (χ2n) is 6.62. The molecule has 2 atom stereocenters. The van der Waals surface area contributed by atoms with Gasteiger partial charge >= 0.3 is 0 Å². The molecule has 7 nitrogen and oxygen atoms in total. The molecule has 0 heterocycles. The zero-order valence-corrected chi connectivity index (χ0v) is 16.7. The Morgan fingerprint density at radius 3 is 2.22 bits per heavy atom. The molecule has 0 bridgehead atoms. The van der Waals surface area contributed by atoms with Gasteiger partial charge in [-0.2, -0.15) is 11.8 Å². The maximum absolute atomic E-state index is 12.8. The number of aldehydes is 2. The van der Waals surface area contributed by atoms with Gasteiger partial charge in [-0.15, -0.1) is 0 Å². The Morgan fingerprint density at radius 2 is 1.74 bits per heavy atom. The van der Waals surface area contributed by atoms with E-state index in [1.165, 1.54) is 12.1 Å². The van der Waals surface area contributed by atoms with Crippen molar-refractivity contribution in [3.05, 3.63) is 29.3 Å². The number of nitrogens with one attached hydrogen (secondary N) is 2. The third-order valence-corrected chi connectivity index (χ3v) is 4.58. The minimum Gasteiger partial charge on any atom is -0.343 e. The van der Waals surface area contributed by atoms with E-state index in [0.717, 1.165) is 5.75 Å². The Kier molecular flexibility index (Phi) is 9.74. The number of carbonyl (C=O) groups excluding carboxylic acids is 4. The monoisotopic (exact) mass is 393 g/mol. The highest BCUT2D eigenvalue weighted by Gasteiger charge is 2.25. The van der Waals surface area contributed by atoms with Crippen LogP contribution in [-0.2, 0) is 9.59 Å². The number of nitrogens with two attached hydrogens (primary N) is 1. The van der Waals surface area contributed by atoms with Crippen molar-refractivity contribution in [3.63, 3.8) is 0 Å². The lowest BCUT2D eigenvalue weighted by molar-refractivity contribution is -0.127. The third-order valence-electron chi connectivity index (χ3n) is 3.94. The van der Waals surface area contributed by atoms with Crippen molar-refractivity contribution in [2.24, 2.45) is 11.7 Å². The molecular weight excluding hydrogens is 366 g/mol. The maximum atomic E-state index is 12.8. The average molecular weight is 394 g/mol. The summed E-state index contributed by atoms with van der Waals surface area (Å²) in [4.78, 5) is 47.5. The second kappa shape index (κ2) is 11.5. The van der Waals surface area contributed by atoms with Gasteiger partial charge in [0.15, 0.2) is 12.6 Å². The fourth-order valence-electron chi connectivity index (χ4n) is 2.50. The summed E-state index contributed by atoms with van der Waals surface area (Å²) in [6, 6.07) is 3.04. The van der Waals surface area contributed by atoms with Gasteiger partial charge in [0.05, 0.1) is 11.7 Å². The van der Waals surface area contributed by atoms with Gasteiger partial charge in [0.25, 0.3) is 0 Å². The van der Waals surface area contributed by atoms with Crippen LogP contribution in [0, 0.1) is 5.92 Å². The van der Waals surface area contributed by atoms with E-state index in [9.17, 15) is 19.2 Å². The summed E-state index contributed by atoms with van der Waals surface area (Å²) < 4.78 is 0. The predicted molar refractivity (Wildman–Crippen MR) is 108 cm³/mol. The smallest absolute Gasteiger partial charge is 0.246 e. The molecule has 0 aliphatic carbocycles. The maximum Gasteiger partial charge on any atom is 0.246 e. The van der Waals surface area contributed by atoms with Gasteiger partial charge < -0.3 is 16.4 Å². The molecule has 0 unspecified atom stereocenters. The van der Waals surface area contributed by atoms with Gasteiger partial charge in [0.1, 0.15) is 6.04 Å². The quantitative estimate of drug-likeness (QED) is 0.494. The van der Waals surface area contributed by atoms with E-state index < -0.39 is 23.9 Å². The Hall–Kier alpha value is -2.19. The van der Waals surface area contributed by atoms with Crippen LogP contribution >= 0.6 is 11.8 Å². The molecule has 27 heavy (non-hydrogen) atoms. The summed E-state index contributed by atoms with van der Waals surface area (Å²) in [6.07, 6.45) is 3.96. The number of benzene rings is 1. The summed E-state index contributed by atoms with van der Waals surface area (Å²) >= 11 is 1.59. The second-order valence-corrected chi connectivity index (χ2v) is 7.60. The lowest BCUT2D eigenvalue weighted by Gasteiger charge is -2.22. The molecule has 0 spiro atoms. The van der Waals surface area contributed by atoms with Crippen LogP contribution in [-0.4, -0.2) is 48.5 Å². The molecule has 148 valence electrons. The number of hydrogen-bond acceptors (Lipinski definition) is 6. The fourth-order valence-corrected chi connectivity index (χ4v) is 2.99. The molecule has 8 heteroatoms. The summed E-state index contributed by atoms with van der Waals surface area (Å²) in [7, 11) is 0. The van der Waals surface area contributed by atoms with Crippen LogP contribution in [0.15, 0.2) is 18.2 Å². The lowest BCUT2D eigenvalue weighted by atomic mass is 10.0. The van der Waals surface area contributed by atoms with Crippen molar-refractivity contribution >= 4 is 41.8 Å². The van der Waals surface area contributed by atoms with Crippen LogP contribution in [0.3, 0.4) is 0 Å². The number of carbonyl (C=O) groups is 4. The summed E-state index contributed by atoms with van der Waals surface area (Å²) in [6.45, 7) is 3.85. The predicted octanol–water partition coefficient (Wildman–Crippen LogP) is 1.86. The van der Waals surface area contributed by atoms with Gasteiger partial charge in [-0.1, -0.05) is 19.9 Å².